The van der Waals surface area contributed by atoms with Gasteiger partial charge in [-0.25, -0.2) is 0 Å². The molecule has 28 heavy (non-hydrogen) atoms. The van der Waals surface area contributed by atoms with Gasteiger partial charge >= 0.3 is 0 Å². The van der Waals surface area contributed by atoms with Gasteiger partial charge in [0.25, 0.3) is 5.91 Å². The van der Waals surface area contributed by atoms with Gasteiger partial charge in [0.05, 0.1) is 14.2 Å². The number of methoxy groups -OCH3 is 2. The van der Waals surface area contributed by atoms with Crippen LogP contribution in [0.3, 0.4) is 0 Å². The van der Waals surface area contributed by atoms with E-state index < -0.39 is 5.91 Å². The Hall–Kier alpha value is -3.12. The Morgan fingerprint density at radius 3 is 2.25 bits per heavy atom. The SMILES string of the molecule is COc1cccc(OC)c1C(=O)NC(=S)Nc1ccc2c3c(cccc13)CC2. The zero-order valence-corrected chi connectivity index (χ0v) is 16.5. The van der Waals surface area contributed by atoms with Crippen LogP contribution in [-0.4, -0.2) is 25.2 Å². The molecular formula is C22H20N2O3S. The van der Waals surface area contributed by atoms with Gasteiger partial charge < -0.3 is 14.8 Å². The van der Waals surface area contributed by atoms with E-state index in [1.54, 1.807) is 18.2 Å². The lowest BCUT2D eigenvalue weighted by molar-refractivity contribution is 0.0971. The van der Waals surface area contributed by atoms with Crippen molar-refractivity contribution in [3.05, 3.63) is 65.2 Å². The molecule has 0 radical (unpaired) electrons. The van der Waals surface area contributed by atoms with Gasteiger partial charge in [-0.05, 0) is 59.8 Å². The molecule has 0 heterocycles. The molecule has 0 bridgehead atoms. The molecule has 0 aromatic heterocycles. The summed E-state index contributed by atoms with van der Waals surface area (Å²) >= 11 is 5.39. The van der Waals surface area contributed by atoms with Crippen LogP contribution in [0.4, 0.5) is 5.69 Å². The fourth-order valence-electron chi connectivity index (χ4n) is 3.75. The second-order valence-corrected chi connectivity index (χ2v) is 6.97. The summed E-state index contributed by atoms with van der Waals surface area (Å²) in [5.41, 5.74) is 3.88. The van der Waals surface area contributed by atoms with Gasteiger partial charge in [-0.1, -0.05) is 30.3 Å². The predicted molar refractivity (Wildman–Crippen MR) is 115 cm³/mol. The van der Waals surface area contributed by atoms with Crippen LogP contribution in [0.1, 0.15) is 21.5 Å². The number of benzene rings is 3. The van der Waals surface area contributed by atoms with Crippen molar-refractivity contribution in [2.24, 2.45) is 0 Å². The van der Waals surface area contributed by atoms with E-state index in [-0.39, 0.29) is 5.11 Å². The molecule has 1 amide bonds. The van der Waals surface area contributed by atoms with E-state index in [1.165, 1.54) is 30.7 Å². The summed E-state index contributed by atoms with van der Waals surface area (Å²) in [4.78, 5) is 12.8. The monoisotopic (exact) mass is 392 g/mol. The molecule has 0 aliphatic heterocycles. The number of hydrogen-bond acceptors (Lipinski definition) is 4. The first-order valence-electron chi connectivity index (χ1n) is 8.99. The van der Waals surface area contributed by atoms with Gasteiger partial charge in [-0.2, -0.15) is 0 Å². The summed E-state index contributed by atoms with van der Waals surface area (Å²) in [7, 11) is 3.02. The first-order chi connectivity index (χ1) is 13.6. The van der Waals surface area contributed by atoms with Gasteiger partial charge in [0.1, 0.15) is 17.1 Å². The Kier molecular flexibility index (Phi) is 4.88. The van der Waals surface area contributed by atoms with Crippen molar-refractivity contribution in [3.8, 4) is 11.5 Å². The van der Waals surface area contributed by atoms with Gasteiger partial charge in [0.15, 0.2) is 5.11 Å². The van der Waals surface area contributed by atoms with Gasteiger partial charge in [0, 0.05) is 11.1 Å². The Balaban J connectivity index is 1.58. The second kappa shape index (κ2) is 7.48. The van der Waals surface area contributed by atoms with Crippen molar-refractivity contribution in [2.45, 2.75) is 12.8 Å². The molecule has 5 nitrogen and oxygen atoms in total. The summed E-state index contributed by atoms with van der Waals surface area (Å²) in [6, 6.07) is 15.6. The number of thiocarbonyl (C=S) groups is 1. The molecule has 6 heteroatoms. The number of hydrogen-bond donors (Lipinski definition) is 2. The first-order valence-corrected chi connectivity index (χ1v) is 9.40. The number of rotatable bonds is 4. The highest BCUT2D eigenvalue weighted by Crippen LogP contribution is 2.35. The van der Waals surface area contributed by atoms with Crippen molar-refractivity contribution in [1.82, 2.24) is 5.32 Å². The van der Waals surface area contributed by atoms with Crippen LogP contribution < -0.4 is 20.1 Å². The maximum absolute atomic E-state index is 12.8. The van der Waals surface area contributed by atoms with Crippen molar-refractivity contribution in [2.75, 3.05) is 19.5 Å². The molecule has 0 saturated heterocycles. The summed E-state index contributed by atoms with van der Waals surface area (Å²) < 4.78 is 10.6. The standard InChI is InChI=1S/C22H20N2O3S/c1-26-17-7-4-8-18(27-2)20(17)21(25)24-22(28)23-16-12-11-14-10-9-13-5-3-6-15(16)19(13)14/h3-8,11-12H,9-10H2,1-2H3,(H2,23,24,25,28). The van der Waals surface area contributed by atoms with Crippen LogP contribution in [0, 0.1) is 0 Å². The zero-order valence-electron chi connectivity index (χ0n) is 15.7. The lowest BCUT2D eigenvalue weighted by Crippen LogP contribution is -2.34. The number of anilines is 1. The second-order valence-electron chi connectivity index (χ2n) is 6.56. The Morgan fingerprint density at radius 2 is 1.57 bits per heavy atom. The van der Waals surface area contributed by atoms with Crippen LogP contribution in [0.25, 0.3) is 10.8 Å². The molecule has 2 N–H and O–H groups in total. The average molecular weight is 392 g/mol. The van der Waals surface area contributed by atoms with Crippen LogP contribution in [0.15, 0.2) is 48.5 Å². The highest BCUT2D eigenvalue weighted by molar-refractivity contribution is 7.80. The molecule has 1 aliphatic carbocycles. The molecule has 3 aromatic carbocycles. The molecule has 0 saturated carbocycles. The minimum Gasteiger partial charge on any atom is -0.496 e. The fourth-order valence-corrected chi connectivity index (χ4v) is 3.95. The maximum Gasteiger partial charge on any atom is 0.264 e. The van der Waals surface area contributed by atoms with Crippen LogP contribution >= 0.6 is 12.2 Å². The normalized spacial score (nSPS) is 11.9. The van der Waals surface area contributed by atoms with Crippen molar-refractivity contribution in [3.63, 3.8) is 0 Å². The smallest absolute Gasteiger partial charge is 0.264 e. The average Bonchev–Trinajstić information content (AvgIpc) is 3.14. The van der Waals surface area contributed by atoms with E-state index >= 15 is 0 Å². The summed E-state index contributed by atoms with van der Waals surface area (Å²) in [6.45, 7) is 0. The third kappa shape index (κ3) is 3.16. The molecule has 0 spiro atoms. The molecular weight excluding hydrogens is 372 g/mol. The number of amides is 1. The third-order valence-electron chi connectivity index (χ3n) is 5.01. The van der Waals surface area contributed by atoms with Crippen molar-refractivity contribution in [1.29, 1.82) is 0 Å². The summed E-state index contributed by atoms with van der Waals surface area (Å²) in [6.07, 6.45) is 2.12. The molecule has 142 valence electrons. The molecule has 0 unspecified atom stereocenters. The van der Waals surface area contributed by atoms with E-state index in [0.717, 1.165) is 23.9 Å². The van der Waals surface area contributed by atoms with E-state index in [0.29, 0.717) is 17.1 Å². The molecule has 3 aromatic rings. The molecule has 0 atom stereocenters. The Morgan fingerprint density at radius 1 is 0.929 bits per heavy atom. The van der Waals surface area contributed by atoms with Crippen LogP contribution in [0.5, 0.6) is 11.5 Å². The topological polar surface area (TPSA) is 59.6 Å². The minimum absolute atomic E-state index is 0.219. The quantitative estimate of drug-likeness (QED) is 0.655. The highest BCUT2D eigenvalue weighted by Gasteiger charge is 2.20. The first kappa shape index (κ1) is 18.3. The summed E-state index contributed by atoms with van der Waals surface area (Å²) in [5.74, 6) is 0.452. The molecule has 4 rings (SSSR count). The van der Waals surface area contributed by atoms with Crippen molar-refractivity contribution >= 4 is 39.7 Å². The number of ether oxygens (including phenoxy) is 2. The lowest BCUT2D eigenvalue weighted by atomic mass is 10.0. The van der Waals surface area contributed by atoms with E-state index in [1.807, 2.05) is 6.07 Å². The highest BCUT2D eigenvalue weighted by atomic mass is 32.1. The third-order valence-corrected chi connectivity index (χ3v) is 5.21. The lowest BCUT2D eigenvalue weighted by Gasteiger charge is -2.15. The maximum atomic E-state index is 12.8. The Labute approximate surface area is 168 Å². The van der Waals surface area contributed by atoms with Gasteiger partial charge in [-0.3, -0.25) is 10.1 Å². The largest absolute Gasteiger partial charge is 0.496 e. The molecule has 0 fully saturated rings. The van der Waals surface area contributed by atoms with Gasteiger partial charge in [0.2, 0.25) is 0 Å². The van der Waals surface area contributed by atoms with E-state index in [2.05, 4.69) is 34.9 Å². The predicted octanol–water partition coefficient (Wildman–Crippen LogP) is 4.08. The minimum atomic E-state index is -0.391. The van der Waals surface area contributed by atoms with E-state index in [9.17, 15) is 4.79 Å². The number of carbonyl (C=O) groups excluding carboxylic acids is 1. The van der Waals surface area contributed by atoms with Crippen molar-refractivity contribution < 1.29 is 14.3 Å². The summed E-state index contributed by atoms with van der Waals surface area (Å²) in [5, 5.41) is 8.50. The molecule has 1 aliphatic rings. The van der Waals surface area contributed by atoms with E-state index in [4.69, 9.17) is 21.7 Å². The van der Waals surface area contributed by atoms with Crippen LogP contribution in [0.2, 0.25) is 0 Å². The number of aryl methyl sites for hydroxylation is 2. The Bertz CT molecular complexity index is 1060. The zero-order chi connectivity index (χ0) is 19.7. The fraction of sp³-hybridized carbons (Fsp3) is 0.182. The number of carbonyl (C=O) groups is 1. The number of nitrogens with one attached hydrogen (secondary N) is 2. The van der Waals surface area contributed by atoms with Crippen LogP contribution in [-0.2, 0) is 12.8 Å². The van der Waals surface area contributed by atoms with Gasteiger partial charge in [-0.15, -0.1) is 0 Å².